The van der Waals surface area contributed by atoms with Crippen LogP contribution in [0.5, 0.6) is 0 Å². The van der Waals surface area contributed by atoms with Gasteiger partial charge in [0.2, 0.25) is 0 Å². The Labute approximate surface area is 68.8 Å². The van der Waals surface area contributed by atoms with Crippen molar-refractivity contribution >= 4 is 23.1 Å². The number of rotatable bonds is 3. The zero-order valence-corrected chi connectivity index (χ0v) is 7.47. The van der Waals surface area contributed by atoms with Gasteiger partial charge in [-0.15, -0.1) is 11.3 Å². The zero-order valence-electron chi connectivity index (χ0n) is 5.83. The van der Waals surface area contributed by atoms with Gasteiger partial charge in [-0.25, -0.2) is 4.98 Å². The predicted molar refractivity (Wildman–Crippen MR) is 46.6 cm³/mol. The maximum Gasteiger partial charge on any atom is 0.150 e. The Bertz CT molecular complexity index is 197. The van der Waals surface area contributed by atoms with E-state index in [-0.39, 0.29) is 0 Å². The third-order valence-corrected chi connectivity index (χ3v) is 3.11. The van der Waals surface area contributed by atoms with E-state index < -0.39 is 0 Å². The van der Waals surface area contributed by atoms with Gasteiger partial charge in [-0.05, 0) is 6.92 Å². The Morgan fingerprint density at radius 3 is 3.10 bits per heavy atom. The summed E-state index contributed by atoms with van der Waals surface area (Å²) in [6.07, 6.45) is 0. The van der Waals surface area contributed by atoms with Gasteiger partial charge in [0.1, 0.15) is 4.34 Å². The first-order valence-corrected chi connectivity index (χ1v) is 4.94. The van der Waals surface area contributed by atoms with E-state index in [1.165, 1.54) is 0 Å². The van der Waals surface area contributed by atoms with E-state index in [1.807, 2.05) is 6.92 Å². The van der Waals surface area contributed by atoms with Crippen LogP contribution in [0, 0.1) is 6.92 Å². The Morgan fingerprint density at radius 1 is 1.80 bits per heavy atom. The van der Waals surface area contributed by atoms with Crippen LogP contribution in [0.3, 0.4) is 0 Å². The Hall–Kier alpha value is -0.0600. The summed E-state index contributed by atoms with van der Waals surface area (Å²) in [6, 6.07) is 0. The van der Waals surface area contributed by atoms with Crippen LogP contribution in [0.1, 0.15) is 5.69 Å². The molecule has 0 fully saturated rings. The fourth-order valence-electron chi connectivity index (χ4n) is 0.545. The molecule has 0 aromatic carbocycles. The van der Waals surface area contributed by atoms with E-state index in [2.05, 4.69) is 10.4 Å². The zero-order chi connectivity index (χ0) is 7.40. The molecule has 0 saturated heterocycles. The minimum atomic E-state index is 0.725. The molecular weight excluding hydrogens is 164 g/mol. The molecule has 1 rings (SSSR count). The van der Waals surface area contributed by atoms with Crippen molar-refractivity contribution in [2.75, 3.05) is 12.3 Å². The van der Waals surface area contributed by atoms with Crippen LogP contribution in [-0.2, 0) is 0 Å². The highest BCUT2D eigenvalue weighted by Crippen LogP contribution is 2.21. The first kappa shape index (κ1) is 8.04. The maximum absolute atomic E-state index is 5.34. The topological polar surface area (TPSA) is 38.9 Å². The molecule has 0 saturated carbocycles. The van der Waals surface area contributed by atoms with E-state index in [4.69, 9.17) is 5.73 Å². The summed E-state index contributed by atoms with van der Waals surface area (Å²) < 4.78 is 1.13. The number of hydrogen-bond donors (Lipinski definition) is 1. The maximum atomic E-state index is 5.34. The second-order valence-corrected chi connectivity index (χ2v) is 4.09. The standard InChI is InChI=1S/C6H10N2S2/c1-5-4-10-6(8-5)9-3-2-7/h4H,2-3,7H2,1H3. The molecule has 2 N–H and O–H groups in total. The fraction of sp³-hybridized carbons (Fsp3) is 0.500. The third kappa shape index (κ3) is 2.28. The summed E-state index contributed by atoms with van der Waals surface area (Å²) >= 11 is 3.41. The average Bonchev–Trinajstić information content (AvgIpc) is 2.31. The highest BCUT2D eigenvalue weighted by atomic mass is 32.2. The molecule has 0 aliphatic rings. The summed E-state index contributed by atoms with van der Waals surface area (Å²) in [6.45, 7) is 2.73. The van der Waals surface area contributed by atoms with Crippen LogP contribution in [0.25, 0.3) is 0 Å². The first-order chi connectivity index (χ1) is 4.83. The lowest BCUT2D eigenvalue weighted by molar-refractivity contribution is 1.13. The van der Waals surface area contributed by atoms with Gasteiger partial charge in [-0.1, -0.05) is 11.8 Å². The number of thioether (sulfide) groups is 1. The van der Waals surface area contributed by atoms with Gasteiger partial charge >= 0.3 is 0 Å². The Kier molecular flexibility index (Phi) is 3.18. The minimum Gasteiger partial charge on any atom is -0.330 e. The molecule has 1 heterocycles. The van der Waals surface area contributed by atoms with Gasteiger partial charge in [0, 0.05) is 23.4 Å². The van der Waals surface area contributed by atoms with Crippen molar-refractivity contribution in [1.29, 1.82) is 0 Å². The number of nitrogens with two attached hydrogens (primary N) is 1. The minimum absolute atomic E-state index is 0.725. The number of hydrogen-bond acceptors (Lipinski definition) is 4. The van der Waals surface area contributed by atoms with E-state index in [0.29, 0.717) is 0 Å². The first-order valence-electron chi connectivity index (χ1n) is 3.08. The molecule has 0 aliphatic heterocycles. The van der Waals surface area contributed by atoms with Gasteiger partial charge in [0.25, 0.3) is 0 Å². The van der Waals surface area contributed by atoms with Gasteiger partial charge < -0.3 is 5.73 Å². The van der Waals surface area contributed by atoms with Crippen molar-refractivity contribution in [3.63, 3.8) is 0 Å². The fourth-order valence-corrected chi connectivity index (χ4v) is 2.23. The quantitative estimate of drug-likeness (QED) is 0.706. The van der Waals surface area contributed by atoms with Gasteiger partial charge in [0.15, 0.2) is 0 Å². The van der Waals surface area contributed by atoms with Gasteiger partial charge in [-0.3, -0.25) is 0 Å². The summed E-state index contributed by atoms with van der Waals surface area (Å²) in [5, 5.41) is 2.05. The number of nitrogens with zero attached hydrogens (tertiary/aromatic N) is 1. The summed E-state index contributed by atoms with van der Waals surface area (Å²) in [7, 11) is 0. The lowest BCUT2D eigenvalue weighted by Crippen LogP contribution is -2.00. The van der Waals surface area contributed by atoms with Gasteiger partial charge in [0.05, 0.1) is 0 Å². The molecule has 56 valence electrons. The Morgan fingerprint density at radius 2 is 2.60 bits per heavy atom. The van der Waals surface area contributed by atoms with Crippen LogP contribution < -0.4 is 5.73 Å². The van der Waals surface area contributed by atoms with E-state index in [9.17, 15) is 0 Å². The normalized spacial score (nSPS) is 10.2. The van der Waals surface area contributed by atoms with Crippen LogP contribution in [0.2, 0.25) is 0 Å². The second-order valence-electron chi connectivity index (χ2n) is 1.89. The molecule has 0 amide bonds. The number of aryl methyl sites for hydroxylation is 1. The van der Waals surface area contributed by atoms with Gasteiger partial charge in [-0.2, -0.15) is 0 Å². The van der Waals surface area contributed by atoms with E-state index >= 15 is 0 Å². The van der Waals surface area contributed by atoms with Crippen LogP contribution in [0.15, 0.2) is 9.72 Å². The van der Waals surface area contributed by atoms with Crippen molar-refractivity contribution in [2.24, 2.45) is 5.73 Å². The molecule has 1 aromatic heterocycles. The molecule has 0 radical (unpaired) electrons. The van der Waals surface area contributed by atoms with Crippen LogP contribution in [0.4, 0.5) is 0 Å². The smallest absolute Gasteiger partial charge is 0.150 e. The second kappa shape index (κ2) is 3.95. The summed E-state index contributed by atoms with van der Waals surface area (Å²) in [4.78, 5) is 4.27. The van der Waals surface area contributed by atoms with Crippen molar-refractivity contribution in [3.8, 4) is 0 Å². The number of thiazole rings is 1. The number of aromatic nitrogens is 1. The van der Waals surface area contributed by atoms with Crippen molar-refractivity contribution < 1.29 is 0 Å². The SMILES string of the molecule is Cc1csc(SCCN)n1. The molecule has 0 unspecified atom stereocenters. The van der Waals surface area contributed by atoms with Crippen molar-refractivity contribution in [2.45, 2.75) is 11.3 Å². The van der Waals surface area contributed by atoms with E-state index in [1.54, 1.807) is 23.1 Å². The molecule has 0 atom stereocenters. The molecule has 0 spiro atoms. The molecule has 4 heteroatoms. The molecule has 2 nitrogen and oxygen atoms in total. The summed E-state index contributed by atoms with van der Waals surface area (Å²) in [5.41, 5.74) is 6.44. The molecule has 0 aliphatic carbocycles. The monoisotopic (exact) mass is 174 g/mol. The van der Waals surface area contributed by atoms with Crippen molar-refractivity contribution in [3.05, 3.63) is 11.1 Å². The highest BCUT2D eigenvalue weighted by Gasteiger charge is 1.96. The van der Waals surface area contributed by atoms with Crippen LogP contribution >= 0.6 is 23.1 Å². The lowest BCUT2D eigenvalue weighted by Gasteiger charge is -1.89. The molecular formula is C6H10N2S2. The molecule has 1 aromatic rings. The largest absolute Gasteiger partial charge is 0.330 e. The highest BCUT2D eigenvalue weighted by molar-refractivity contribution is 8.01. The molecule has 0 bridgehead atoms. The predicted octanol–water partition coefficient (Wildman–Crippen LogP) is 1.50. The molecule has 10 heavy (non-hydrogen) atoms. The average molecular weight is 174 g/mol. The van der Waals surface area contributed by atoms with Crippen LogP contribution in [-0.4, -0.2) is 17.3 Å². The lowest BCUT2D eigenvalue weighted by atomic mass is 10.6. The van der Waals surface area contributed by atoms with Crippen molar-refractivity contribution in [1.82, 2.24) is 4.98 Å². The summed E-state index contributed by atoms with van der Waals surface area (Å²) in [5.74, 6) is 0.965. The Balaban J connectivity index is 2.42. The third-order valence-electron chi connectivity index (χ3n) is 0.941. The van der Waals surface area contributed by atoms with E-state index in [0.717, 1.165) is 22.3 Å².